The standard InChI is InChI=1S/C16H24N2O3/c1-11(9-10-20-3)18-15(17-12(2)16(18)19)13-5-7-14(21-4)8-6-13/h5-8,11-12,15,17H,9-10H2,1-4H3. The lowest BCUT2D eigenvalue weighted by Crippen LogP contribution is -2.38. The number of methoxy groups -OCH3 is 2. The minimum Gasteiger partial charge on any atom is -0.497 e. The summed E-state index contributed by atoms with van der Waals surface area (Å²) in [6, 6.07) is 7.80. The van der Waals surface area contributed by atoms with Crippen LogP contribution in [0.25, 0.3) is 0 Å². The molecule has 21 heavy (non-hydrogen) atoms. The van der Waals surface area contributed by atoms with Gasteiger partial charge in [-0.1, -0.05) is 12.1 Å². The van der Waals surface area contributed by atoms with E-state index in [-0.39, 0.29) is 24.2 Å². The number of benzene rings is 1. The Morgan fingerprint density at radius 3 is 2.52 bits per heavy atom. The van der Waals surface area contributed by atoms with Gasteiger partial charge in [-0.15, -0.1) is 0 Å². The summed E-state index contributed by atoms with van der Waals surface area (Å²) in [5, 5.41) is 3.36. The lowest BCUT2D eigenvalue weighted by atomic mass is 10.1. The molecule has 1 N–H and O–H groups in total. The van der Waals surface area contributed by atoms with E-state index in [0.29, 0.717) is 6.61 Å². The topological polar surface area (TPSA) is 50.8 Å². The minimum atomic E-state index is -0.165. The highest BCUT2D eigenvalue weighted by atomic mass is 16.5. The molecule has 0 aromatic heterocycles. The van der Waals surface area contributed by atoms with Crippen molar-refractivity contribution < 1.29 is 14.3 Å². The Kier molecular flexibility index (Phi) is 5.20. The lowest BCUT2D eigenvalue weighted by molar-refractivity contribution is -0.132. The van der Waals surface area contributed by atoms with Crippen LogP contribution >= 0.6 is 0 Å². The third kappa shape index (κ3) is 3.36. The van der Waals surface area contributed by atoms with Crippen LogP contribution in [-0.2, 0) is 9.53 Å². The molecule has 1 saturated heterocycles. The zero-order chi connectivity index (χ0) is 15.4. The minimum absolute atomic E-state index is 0.0923. The van der Waals surface area contributed by atoms with E-state index in [1.54, 1.807) is 14.2 Å². The number of ether oxygens (including phenoxy) is 2. The SMILES string of the molecule is COCCC(C)N1C(=O)C(C)NC1c1ccc(OC)cc1. The van der Waals surface area contributed by atoms with Gasteiger partial charge in [-0.3, -0.25) is 10.1 Å². The first-order valence-corrected chi connectivity index (χ1v) is 7.29. The van der Waals surface area contributed by atoms with Crippen LogP contribution in [0.1, 0.15) is 32.0 Å². The molecule has 0 radical (unpaired) electrons. The molecule has 1 heterocycles. The first kappa shape index (κ1) is 15.8. The van der Waals surface area contributed by atoms with E-state index in [2.05, 4.69) is 12.2 Å². The lowest BCUT2D eigenvalue weighted by Gasteiger charge is -2.30. The quantitative estimate of drug-likeness (QED) is 0.870. The highest BCUT2D eigenvalue weighted by Crippen LogP contribution is 2.29. The van der Waals surface area contributed by atoms with Gasteiger partial charge in [0.25, 0.3) is 0 Å². The second kappa shape index (κ2) is 6.91. The molecular weight excluding hydrogens is 268 g/mol. The maximum Gasteiger partial charge on any atom is 0.241 e. The molecule has 0 spiro atoms. The Morgan fingerprint density at radius 2 is 1.95 bits per heavy atom. The molecule has 5 nitrogen and oxygen atoms in total. The molecule has 1 fully saturated rings. The van der Waals surface area contributed by atoms with Crippen LogP contribution in [0.3, 0.4) is 0 Å². The van der Waals surface area contributed by atoms with E-state index in [9.17, 15) is 4.79 Å². The van der Waals surface area contributed by atoms with E-state index < -0.39 is 0 Å². The van der Waals surface area contributed by atoms with Crippen molar-refractivity contribution in [2.75, 3.05) is 20.8 Å². The Balaban J connectivity index is 2.20. The van der Waals surface area contributed by atoms with Gasteiger partial charge in [-0.05, 0) is 38.0 Å². The summed E-state index contributed by atoms with van der Waals surface area (Å²) >= 11 is 0. The Hall–Kier alpha value is -1.59. The maximum absolute atomic E-state index is 12.4. The largest absolute Gasteiger partial charge is 0.497 e. The number of nitrogens with one attached hydrogen (secondary N) is 1. The number of nitrogens with zero attached hydrogens (tertiary/aromatic N) is 1. The van der Waals surface area contributed by atoms with Crippen LogP contribution < -0.4 is 10.1 Å². The fourth-order valence-electron chi connectivity index (χ4n) is 2.68. The van der Waals surface area contributed by atoms with Gasteiger partial charge >= 0.3 is 0 Å². The zero-order valence-corrected chi connectivity index (χ0v) is 13.1. The Bertz CT molecular complexity index is 475. The van der Waals surface area contributed by atoms with E-state index in [1.807, 2.05) is 36.1 Å². The molecule has 2 rings (SSSR count). The van der Waals surface area contributed by atoms with Gasteiger partial charge in [-0.2, -0.15) is 0 Å². The van der Waals surface area contributed by atoms with Crippen molar-refractivity contribution in [1.82, 2.24) is 10.2 Å². The monoisotopic (exact) mass is 292 g/mol. The molecule has 1 aromatic carbocycles. The van der Waals surface area contributed by atoms with Crippen LogP contribution in [0.5, 0.6) is 5.75 Å². The number of hydrogen-bond donors (Lipinski definition) is 1. The first-order valence-electron chi connectivity index (χ1n) is 7.29. The fourth-order valence-corrected chi connectivity index (χ4v) is 2.68. The van der Waals surface area contributed by atoms with Crippen molar-refractivity contribution in [2.45, 2.75) is 38.5 Å². The average molecular weight is 292 g/mol. The fraction of sp³-hybridized carbons (Fsp3) is 0.562. The van der Waals surface area contributed by atoms with Crippen LogP contribution in [-0.4, -0.2) is 43.7 Å². The van der Waals surface area contributed by atoms with Gasteiger partial charge in [0.2, 0.25) is 5.91 Å². The average Bonchev–Trinajstić information content (AvgIpc) is 2.80. The molecule has 5 heteroatoms. The molecule has 1 amide bonds. The predicted molar refractivity (Wildman–Crippen MR) is 81.1 cm³/mol. The Morgan fingerprint density at radius 1 is 1.29 bits per heavy atom. The summed E-state index contributed by atoms with van der Waals surface area (Å²) in [7, 11) is 3.33. The molecule has 1 aliphatic heterocycles. The number of rotatable bonds is 6. The van der Waals surface area contributed by atoms with Gasteiger partial charge in [-0.25, -0.2) is 0 Å². The summed E-state index contributed by atoms with van der Waals surface area (Å²) in [5.41, 5.74) is 1.07. The van der Waals surface area contributed by atoms with Gasteiger partial charge in [0.05, 0.1) is 13.2 Å². The van der Waals surface area contributed by atoms with Crippen LogP contribution in [0.4, 0.5) is 0 Å². The van der Waals surface area contributed by atoms with E-state index in [0.717, 1.165) is 17.7 Å². The molecule has 0 saturated carbocycles. The van der Waals surface area contributed by atoms with E-state index >= 15 is 0 Å². The van der Waals surface area contributed by atoms with E-state index in [4.69, 9.17) is 9.47 Å². The van der Waals surface area contributed by atoms with Gasteiger partial charge in [0, 0.05) is 19.8 Å². The molecule has 0 aliphatic carbocycles. The second-order valence-corrected chi connectivity index (χ2v) is 5.44. The van der Waals surface area contributed by atoms with Gasteiger partial charge in [0.15, 0.2) is 0 Å². The number of carbonyl (C=O) groups is 1. The normalized spacial score (nSPS) is 23.4. The predicted octanol–water partition coefficient (Wildman–Crippen LogP) is 1.94. The third-order valence-corrected chi connectivity index (χ3v) is 3.96. The van der Waals surface area contributed by atoms with Crippen LogP contribution in [0, 0.1) is 0 Å². The van der Waals surface area contributed by atoms with Gasteiger partial charge in [0.1, 0.15) is 11.9 Å². The molecular formula is C16H24N2O3. The molecule has 0 bridgehead atoms. The van der Waals surface area contributed by atoms with Crippen molar-refractivity contribution in [2.24, 2.45) is 0 Å². The van der Waals surface area contributed by atoms with Crippen molar-refractivity contribution in [3.63, 3.8) is 0 Å². The third-order valence-electron chi connectivity index (χ3n) is 3.96. The Labute approximate surface area is 126 Å². The smallest absolute Gasteiger partial charge is 0.241 e. The van der Waals surface area contributed by atoms with Gasteiger partial charge < -0.3 is 14.4 Å². The maximum atomic E-state index is 12.4. The van der Waals surface area contributed by atoms with E-state index in [1.165, 1.54) is 0 Å². The molecule has 116 valence electrons. The van der Waals surface area contributed by atoms with Crippen molar-refractivity contribution in [3.8, 4) is 5.75 Å². The second-order valence-electron chi connectivity index (χ2n) is 5.44. The summed E-state index contributed by atoms with van der Waals surface area (Å²) in [6.45, 7) is 4.61. The summed E-state index contributed by atoms with van der Waals surface area (Å²) in [6.07, 6.45) is 0.730. The molecule has 1 aliphatic rings. The molecule has 3 unspecified atom stereocenters. The summed E-state index contributed by atoms with van der Waals surface area (Å²) in [5.74, 6) is 0.953. The number of hydrogen-bond acceptors (Lipinski definition) is 4. The first-order chi connectivity index (χ1) is 10.1. The van der Waals surface area contributed by atoms with Crippen molar-refractivity contribution in [3.05, 3.63) is 29.8 Å². The summed E-state index contributed by atoms with van der Waals surface area (Å²) in [4.78, 5) is 14.3. The molecule has 1 aromatic rings. The highest BCUT2D eigenvalue weighted by Gasteiger charge is 2.39. The van der Waals surface area contributed by atoms with Crippen molar-refractivity contribution >= 4 is 5.91 Å². The van der Waals surface area contributed by atoms with Crippen LogP contribution in [0.15, 0.2) is 24.3 Å². The zero-order valence-electron chi connectivity index (χ0n) is 13.1. The molecule has 3 atom stereocenters. The van der Waals surface area contributed by atoms with Crippen LogP contribution in [0.2, 0.25) is 0 Å². The summed E-state index contributed by atoms with van der Waals surface area (Å²) < 4.78 is 10.3. The number of amides is 1. The van der Waals surface area contributed by atoms with Crippen molar-refractivity contribution in [1.29, 1.82) is 0 Å². The number of carbonyl (C=O) groups excluding carboxylic acids is 1. The highest BCUT2D eigenvalue weighted by molar-refractivity contribution is 5.84.